The highest BCUT2D eigenvalue weighted by Gasteiger charge is 2.13. The third-order valence-corrected chi connectivity index (χ3v) is 2.60. The monoisotopic (exact) mass is 231 g/mol. The molecule has 0 spiro atoms. The Bertz CT molecular complexity index is 543. The molecular formula is C13H17N3O. The van der Waals surface area contributed by atoms with Gasteiger partial charge in [0, 0.05) is 11.9 Å². The molecule has 0 unspecified atom stereocenters. The van der Waals surface area contributed by atoms with Crippen molar-refractivity contribution >= 4 is 16.8 Å². The lowest BCUT2D eigenvalue weighted by atomic mass is 10.1. The average Bonchev–Trinajstić information content (AvgIpc) is 2.68. The zero-order valence-electron chi connectivity index (χ0n) is 10.4. The van der Waals surface area contributed by atoms with Gasteiger partial charge in [0.25, 0.3) is 5.91 Å². The van der Waals surface area contributed by atoms with Crippen molar-refractivity contribution in [3.8, 4) is 0 Å². The van der Waals surface area contributed by atoms with Gasteiger partial charge in [-0.2, -0.15) is 5.10 Å². The van der Waals surface area contributed by atoms with E-state index in [1.165, 1.54) is 0 Å². The van der Waals surface area contributed by atoms with Gasteiger partial charge in [-0.25, -0.2) is 0 Å². The summed E-state index contributed by atoms with van der Waals surface area (Å²) in [5, 5.41) is 10.7. The van der Waals surface area contributed by atoms with Gasteiger partial charge in [0.1, 0.15) is 0 Å². The number of fused-ring (bicyclic) bond motifs is 1. The van der Waals surface area contributed by atoms with Crippen molar-refractivity contribution in [1.82, 2.24) is 15.5 Å². The van der Waals surface area contributed by atoms with E-state index in [2.05, 4.69) is 29.4 Å². The molecule has 4 heteroatoms. The first-order valence-corrected chi connectivity index (χ1v) is 5.81. The molecule has 0 radical (unpaired) electrons. The number of carbonyl (C=O) groups excluding carboxylic acids is 1. The van der Waals surface area contributed by atoms with E-state index in [9.17, 15) is 4.79 Å². The molecule has 1 heterocycles. The molecule has 1 aromatic heterocycles. The van der Waals surface area contributed by atoms with E-state index in [1.54, 1.807) is 0 Å². The molecule has 1 aromatic carbocycles. The van der Waals surface area contributed by atoms with Crippen LogP contribution in [0.2, 0.25) is 0 Å². The number of hydrogen-bond donors (Lipinski definition) is 2. The van der Waals surface area contributed by atoms with Crippen LogP contribution in [-0.2, 0) is 0 Å². The van der Waals surface area contributed by atoms with Crippen LogP contribution in [-0.4, -0.2) is 22.6 Å². The number of carbonyl (C=O) groups is 1. The number of hydrogen-bond acceptors (Lipinski definition) is 2. The van der Waals surface area contributed by atoms with Crippen LogP contribution in [0.5, 0.6) is 0 Å². The lowest BCUT2D eigenvalue weighted by Crippen LogP contribution is -2.27. The number of rotatable bonds is 3. The van der Waals surface area contributed by atoms with Crippen molar-refractivity contribution < 1.29 is 4.79 Å². The minimum atomic E-state index is -0.115. The molecule has 1 amide bonds. The summed E-state index contributed by atoms with van der Waals surface area (Å²) in [6.07, 6.45) is 0. The summed E-state index contributed by atoms with van der Waals surface area (Å²) in [5.74, 6) is 0.321. The summed E-state index contributed by atoms with van der Waals surface area (Å²) >= 11 is 0. The summed E-state index contributed by atoms with van der Waals surface area (Å²) in [6, 6.07) is 5.91. The Hall–Kier alpha value is -1.84. The first-order chi connectivity index (χ1) is 8.08. The van der Waals surface area contributed by atoms with E-state index in [0.29, 0.717) is 18.2 Å². The molecule has 2 rings (SSSR count). The highest BCUT2D eigenvalue weighted by atomic mass is 16.1. The number of aromatic nitrogens is 2. The first kappa shape index (κ1) is 11.6. The Morgan fingerprint density at radius 1 is 1.47 bits per heavy atom. The summed E-state index contributed by atoms with van der Waals surface area (Å²) in [5.41, 5.74) is 2.49. The van der Waals surface area contributed by atoms with Gasteiger partial charge in [0.2, 0.25) is 0 Å². The Labute approximate surface area is 100 Å². The number of aromatic amines is 1. The van der Waals surface area contributed by atoms with Crippen LogP contribution < -0.4 is 5.32 Å². The predicted octanol–water partition coefficient (Wildman–Crippen LogP) is 2.26. The molecule has 0 saturated carbocycles. The van der Waals surface area contributed by atoms with Crippen molar-refractivity contribution in [2.45, 2.75) is 20.8 Å². The first-order valence-electron chi connectivity index (χ1n) is 5.81. The molecule has 0 aliphatic rings. The summed E-state index contributed by atoms with van der Waals surface area (Å²) in [4.78, 5) is 11.9. The number of H-pyrrole nitrogens is 1. The Balaban J connectivity index is 2.29. The van der Waals surface area contributed by atoms with Crippen LogP contribution in [0, 0.1) is 12.8 Å². The fourth-order valence-corrected chi connectivity index (χ4v) is 1.68. The maximum Gasteiger partial charge on any atom is 0.272 e. The number of benzene rings is 1. The average molecular weight is 231 g/mol. The zero-order valence-corrected chi connectivity index (χ0v) is 10.4. The molecule has 0 bridgehead atoms. The summed E-state index contributed by atoms with van der Waals surface area (Å²) in [7, 11) is 0. The number of amides is 1. The third-order valence-electron chi connectivity index (χ3n) is 2.60. The Kier molecular flexibility index (Phi) is 3.13. The maximum absolute atomic E-state index is 11.9. The van der Waals surface area contributed by atoms with Gasteiger partial charge in [-0.15, -0.1) is 0 Å². The molecule has 0 fully saturated rings. The highest BCUT2D eigenvalue weighted by molar-refractivity contribution is 6.04. The van der Waals surface area contributed by atoms with Crippen molar-refractivity contribution in [3.63, 3.8) is 0 Å². The lowest BCUT2D eigenvalue weighted by molar-refractivity contribution is 0.0945. The number of nitrogens with one attached hydrogen (secondary N) is 2. The van der Waals surface area contributed by atoms with Gasteiger partial charge in [0.15, 0.2) is 5.69 Å². The smallest absolute Gasteiger partial charge is 0.272 e. The van der Waals surface area contributed by atoms with Gasteiger partial charge in [-0.05, 0) is 25.0 Å². The van der Waals surface area contributed by atoms with Gasteiger partial charge in [0.05, 0.1) is 5.52 Å². The van der Waals surface area contributed by atoms with Gasteiger partial charge >= 0.3 is 0 Å². The molecule has 4 nitrogen and oxygen atoms in total. The SMILES string of the molecule is Cc1ccc2[nH]nc(C(=O)NCC(C)C)c2c1. The van der Waals surface area contributed by atoms with Crippen LogP contribution in [0.3, 0.4) is 0 Å². The third kappa shape index (κ3) is 2.46. The largest absolute Gasteiger partial charge is 0.350 e. The zero-order chi connectivity index (χ0) is 12.4. The van der Waals surface area contributed by atoms with Crippen molar-refractivity contribution in [3.05, 3.63) is 29.5 Å². The molecule has 0 aliphatic heterocycles. The van der Waals surface area contributed by atoms with Crippen LogP contribution in [0.1, 0.15) is 29.9 Å². The highest BCUT2D eigenvalue weighted by Crippen LogP contribution is 2.17. The summed E-state index contributed by atoms with van der Waals surface area (Å²) < 4.78 is 0. The Morgan fingerprint density at radius 3 is 2.94 bits per heavy atom. The lowest BCUT2D eigenvalue weighted by Gasteiger charge is -2.05. The second kappa shape index (κ2) is 4.57. The molecule has 2 N–H and O–H groups in total. The van der Waals surface area contributed by atoms with Crippen molar-refractivity contribution in [1.29, 1.82) is 0 Å². The standard InChI is InChI=1S/C13H17N3O/c1-8(2)7-14-13(17)12-10-6-9(3)4-5-11(10)15-16-12/h4-6,8H,7H2,1-3H3,(H,14,17)(H,15,16). The van der Waals surface area contributed by atoms with E-state index < -0.39 is 0 Å². The van der Waals surface area contributed by atoms with Crippen LogP contribution in [0.4, 0.5) is 0 Å². The Morgan fingerprint density at radius 2 is 2.24 bits per heavy atom. The quantitative estimate of drug-likeness (QED) is 0.851. The fraction of sp³-hybridized carbons (Fsp3) is 0.385. The van der Waals surface area contributed by atoms with E-state index in [1.807, 2.05) is 25.1 Å². The van der Waals surface area contributed by atoms with Crippen molar-refractivity contribution in [2.75, 3.05) is 6.54 Å². The van der Waals surface area contributed by atoms with Crippen LogP contribution in [0.15, 0.2) is 18.2 Å². The van der Waals surface area contributed by atoms with Crippen LogP contribution >= 0.6 is 0 Å². The minimum Gasteiger partial charge on any atom is -0.350 e. The van der Waals surface area contributed by atoms with Gasteiger partial charge in [-0.1, -0.05) is 25.5 Å². The van der Waals surface area contributed by atoms with Gasteiger partial charge < -0.3 is 5.32 Å². The number of aryl methyl sites for hydroxylation is 1. The normalized spacial score (nSPS) is 11.1. The predicted molar refractivity (Wildman–Crippen MR) is 68.0 cm³/mol. The van der Waals surface area contributed by atoms with Gasteiger partial charge in [-0.3, -0.25) is 9.89 Å². The van der Waals surface area contributed by atoms with Crippen LogP contribution in [0.25, 0.3) is 10.9 Å². The van der Waals surface area contributed by atoms with E-state index in [0.717, 1.165) is 16.5 Å². The summed E-state index contributed by atoms with van der Waals surface area (Å²) in [6.45, 7) is 6.79. The topological polar surface area (TPSA) is 57.8 Å². The molecule has 90 valence electrons. The fourth-order valence-electron chi connectivity index (χ4n) is 1.68. The van der Waals surface area contributed by atoms with E-state index >= 15 is 0 Å². The van der Waals surface area contributed by atoms with Crippen molar-refractivity contribution in [2.24, 2.45) is 5.92 Å². The van der Waals surface area contributed by atoms with E-state index in [-0.39, 0.29) is 5.91 Å². The molecule has 0 aliphatic carbocycles. The second-order valence-electron chi connectivity index (χ2n) is 4.73. The molecule has 0 saturated heterocycles. The molecule has 2 aromatic rings. The second-order valence-corrected chi connectivity index (χ2v) is 4.73. The maximum atomic E-state index is 11.9. The minimum absolute atomic E-state index is 0.115. The molecule has 0 atom stereocenters. The van der Waals surface area contributed by atoms with E-state index in [4.69, 9.17) is 0 Å². The number of nitrogens with zero attached hydrogens (tertiary/aromatic N) is 1. The molecule has 17 heavy (non-hydrogen) atoms. The molecular weight excluding hydrogens is 214 g/mol.